The molecule has 1 saturated carbocycles. The average Bonchev–Trinajstić information content (AvgIpc) is 3.64. The number of benzene rings is 2. The summed E-state index contributed by atoms with van der Waals surface area (Å²) in [6, 6.07) is 19.5. The normalized spacial score (nSPS) is 18.2. The summed E-state index contributed by atoms with van der Waals surface area (Å²) >= 11 is 0. The van der Waals surface area contributed by atoms with Crippen LogP contribution in [0.15, 0.2) is 60.8 Å². The van der Waals surface area contributed by atoms with E-state index in [1.54, 1.807) is 17.8 Å². The summed E-state index contributed by atoms with van der Waals surface area (Å²) in [6.07, 6.45) is 9.01. The summed E-state index contributed by atoms with van der Waals surface area (Å²) in [7, 11) is 0. The van der Waals surface area contributed by atoms with E-state index in [0.717, 1.165) is 68.6 Å². The van der Waals surface area contributed by atoms with Crippen LogP contribution in [-0.4, -0.2) is 51.2 Å². The molecule has 0 spiro atoms. The molecule has 2 aromatic carbocycles. The summed E-state index contributed by atoms with van der Waals surface area (Å²) in [6.45, 7) is 7.93. The first-order valence-corrected chi connectivity index (χ1v) is 16.9. The Morgan fingerprint density at radius 2 is 1.78 bits per heavy atom. The maximum absolute atomic E-state index is 12.7. The smallest absolute Gasteiger partial charge is 0.341 e. The van der Waals surface area contributed by atoms with Crippen molar-refractivity contribution in [3.63, 3.8) is 0 Å². The number of likely N-dealkylation sites (tertiary alicyclic amines) is 1. The van der Waals surface area contributed by atoms with Crippen LogP contribution in [0.2, 0.25) is 0 Å². The number of carbonyl (C=O) groups excluding carboxylic acids is 2. The topological polar surface area (TPSA) is 89.4 Å². The van der Waals surface area contributed by atoms with Crippen molar-refractivity contribution in [3.05, 3.63) is 94.3 Å². The van der Waals surface area contributed by atoms with E-state index in [1.807, 2.05) is 25.1 Å². The third kappa shape index (κ3) is 5.70. The number of rotatable bonds is 8. The SMILES string of the molecule is CCOC(=O)c1cnn(-c2cccc(-c3cccc4c3C(Nc3ccc(C5CCN(C(=O)C6CCC6)CC5)cc3C)CC4)n2)c1C. The maximum Gasteiger partial charge on any atom is 0.341 e. The van der Waals surface area contributed by atoms with Crippen molar-refractivity contribution >= 4 is 17.6 Å². The Hall–Kier alpha value is -4.46. The van der Waals surface area contributed by atoms with Crippen LogP contribution in [0, 0.1) is 19.8 Å². The van der Waals surface area contributed by atoms with Gasteiger partial charge >= 0.3 is 5.97 Å². The Kier molecular flexibility index (Phi) is 8.36. The fraction of sp³-hybridized carbons (Fsp3) is 0.421. The van der Waals surface area contributed by atoms with Crippen LogP contribution >= 0.6 is 0 Å². The molecule has 3 heterocycles. The second-order valence-electron chi connectivity index (χ2n) is 13.1. The number of amides is 1. The first-order valence-electron chi connectivity index (χ1n) is 16.9. The molecule has 8 nitrogen and oxygen atoms in total. The lowest BCUT2D eigenvalue weighted by Gasteiger charge is -2.36. The van der Waals surface area contributed by atoms with Crippen LogP contribution < -0.4 is 5.32 Å². The third-order valence-corrected chi connectivity index (χ3v) is 10.3. The number of ether oxygens (including phenoxy) is 1. The molecule has 1 saturated heterocycles. The first kappa shape index (κ1) is 30.2. The van der Waals surface area contributed by atoms with Gasteiger partial charge in [-0.1, -0.05) is 42.8 Å². The second-order valence-corrected chi connectivity index (χ2v) is 13.1. The summed E-state index contributed by atoms with van der Waals surface area (Å²) in [5.41, 5.74) is 9.58. The number of carbonyl (C=O) groups is 2. The van der Waals surface area contributed by atoms with Gasteiger partial charge in [-0.15, -0.1) is 0 Å². The van der Waals surface area contributed by atoms with Gasteiger partial charge in [0, 0.05) is 30.3 Å². The van der Waals surface area contributed by atoms with Crippen LogP contribution in [0.4, 0.5) is 5.69 Å². The summed E-state index contributed by atoms with van der Waals surface area (Å²) in [4.78, 5) is 32.2. The van der Waals surface area contributed by atoms with E-state index in [0.29, 0.717) is 35.5 Å². The number of hydrogen-bond donors (Lipinski definition) is 1. The summed E-state index contributed by atoms with van der Waals surface area (Å²) in [5.74, 6) is 1.47. The Bertz CT molecular complexity index is 1770. The molecule has 2 fully saturated rings. The molecule has 8 heteroatoms. The molecular formula is C38H43N5O3. The standard InChI is InChI=1S/C38H43N5O3/c1-4-46-38(45)31-23-39-43(25(31)3)35-13-7-12-33(41-35)30-11-6-8-27-14-17-34(36(27)30)40-32-16-15-29(22-24(32)2)26-18-20-42(21-19-26)37(44)28-9-5-10-28/h6-8,11-13,15-16,22-23,26,28,34,40H,4-5,9-10,14,17-21H2,1-3H3. The van der Waals surface area contributed by atoms with E-state index >= 15 is 0 Å². The molecule has 1 unspecified atom stereocenters. The van der Waals surface area contributed by atoms with E-state index in [4.69, 9.17) is 9.72 Å². The number of nitrogens with zero attached hydrogens (tertiary/aromatic N) is 4. The highest BCUT2D eigenvalue weighted by Gasteiger charge is 2.32. The van der Waals surface area contributed by atoms with Crippen LogP contribution in [0.25, 0.3) is 17.1 Å². The minimum absolute atomic E-state index is 0.170. The number of aromatic nitrogens is 3. The van der Waals surface area contributed by atoms with Crippen molar-refractivity contribution in [1.29, 1.82) is 0 Å². The Morgan fingerprint density at radius 3 is 2.52 bits per heavy atom. The van der Waals surface area contributed by atoms with Gasteiger partial charge in [-0.05, 0) is 106 Å². The number of piperidine rings is 1. The van der Waals surface area contributed by atoms with Gasteiger partial charge in [-0.25, -0.2) is 14.5 Å². The highest BCUT2D eigenvalue weighted by atomic mass is 16.5. The molecule has 46 heavy (non-hydrogen) atoms. The molecule has 238 valence electrons. The Balaban J connectivity index is 1.08. The van der Waals surface area contributed by atoms with Crippen molar-refractivity contribution in [2.45, 2.75) is 77.7 Å². The third-order valence-electron chi connectivity index (χ3n) is 10.3. The lowest BCUT2D eigenvalue weighted by atomic mass is 9.83. The minimum Gasteiger partial charge on any atom is -0.462 e. The van der Waals surface area contributed by atoms with E-state index in [9.17, 15) is 9.59 Å². The van der Waals surface area contributed by atoms with E-state index < -0.39 is 0 Å². The quantitative estimate of drug-likeness (QED) is 0.208. The van der Waals surface area contributed by atoms with E-state index in [2.05, 4.69) is 58.6 Å². The van der Waals surface area contributed by atoms with Crippen molar-refractivity contribution in [2.75, 3.05) is 25.0 Å². The van der Waals surface area contributed by atoms with Crippen LogP contribution in [0.5, 0.6) is 0 Å². The molecule has 2 aliphatic carbocycles. The molecular weight excluding hydrogens is 574 g/mol. The van der Waals surface area contributed by atoms with E-state index in [-0.39, 0.29) is 17.9 Å². The van der Waals surface area contributed by atoms with Crippen molar-refractivity contribution in [3.8, 4) is 17.1 Å². The van der Waals surface area contributed by atoms with Crippen LogP contribution in [-0.2, 0) is 16.0 Å². The molecule has 4 aromatic rings. The number of pyridine rings is 1. The number of nitrogens with one attached hydrogen (secondary N) is 1. The van der Waals surface area contributed by atoms with Gasteiger partial charge in [0.15, 0.2) is 5.82 Å². The average molecular weight is 618 g/mol. The maximum atomic E-state index is 12.7. The van der Waals surface area contributed by atoms with Crippen LogP contribution in [0.1, 0.15) is 95.7 Å². The molecule has 1 aliphatic heterocycles. The zero-order valence-corrected chi connectivity index (χ0v) is 27.1. The highest BCUT2D eigenvalue weighted by Crippen LogP contribution is 2.41. The van der Waals surface area contributed by atoms with Gasteiger partial charge in [0.2, 0.25) is 5.91 Å². The number of hydrogen-bond acceptors (Lipinski definition) is 6. The minimum atomic E-state index is -0.374. The molecule has 1 amide bonds. The van der Waals surface area contributed by atoms with Gasteiger partial charge in [0.05, 0.1) is 30.2 Å². The van der Waals surface area contributed by atoms with Crippen molar-refractivity contribution in [2.24, 2.45) is 5.92 Å². The lowest BCUT2D eigenvalue weighted by Crippen LogP contribution is -2.43. The Morgan fingerprint density at radius 1 is 0.978 bits per heavy atom. The second kappa shape index (κ2) is 12.7. The fourth-order valence-electron chi connectivity index (χ4n) is 7.43. The number of fused-ring (bicyclic) bond motifs is 1. The summed E-state index contributed by atoms with van der Waals surface area (Å²) < 4.78 is 6.90. The Labute approximate surface area is 271 Å². The largest absolute Gasteiger partial charge is 0.462 e. The molecule has 0 bridgehead atoms. The molecule has 1 atom stereocenters. The molecule has 1 N–H and O–H groups in total. The number of esters is 1. The number of anilines is 1. The van der Waals surface area contributed by atoms with Crippen LogP contribution in [0.3, 0.4) is 0 Å². The van der Waals surface area contributed by atoms with Gasteiger partial charge < -0.3 is 15.0 Å². The molecule has 3 aliphatic rings. The van der Waals surface area contributed by atoms with E-state index in [1.165, 1.54) is 28.7 Å². The molecule has 7 rings (SSSR count). The zero-order chi connectivity index (χ0) is 31.8. The monoisotopic (exact) mass is 617 g/mol. The van der Waals surface area contributed by atoms with Gasteiger partial charge in [0.1, 0.15) is 5.56 Å². The predicted octanol–water partition coefficient (Wildman–Crippen LogP) is 7.33. The van der Waals surface area contributed by atoms with Gasteiger partial charge in [-0.2, -0.15) is 5.10 Å². The zero-order valence-electron chi connectivity index (χ0n) is 27.1. The number of aryl methyl sites for hydroxylation is 2. The fourth-order valence-corrected chi connectivity index (χ4v) is 7.43. The molecule has 0 radical (unpaired) electrons. The van der Waals surface area contributed by atoms with Crippen molar-refractivity contribution < 1.29 is 14.3 Å². The predicted molar refractivity (Wildman–Crippen MR) is 179 cm³/mol. The summed E-state index contributed by atoms with van der Waals surface area (Å²) in [5, 5.41) is 8.35. The van der Waals surface area contributed by atoms with Gasteiger partial charge in [0.25, 0.3) is 0 Å². The van der Waals surface area contributed by atoms with Gasteiger partial charge in [-0.3, -0.25) is 4.79 Å². The first-order chi connectivity index (χ1) is 22.4. The highest BCUT2D eigenvalue weighted by molar-refractivity contribution is 5.90. The molecule has 2 aromatic heterocycles. The van der Waals surface area contributed by atoms with Crippen molar-refractivity contribution in [1.82, 2.24) is 19.7 Å². The lowest BCUT2D eigenvalue weighted by molar-refractivity contribution is -0.139.